The van der Waals surface area contributed by atoms with Gasteiger partial charge in [-0.1, -0.05) is 19.8 Å². The average Bonchev–Trinajstić information content (AvgIpc) is 2.57. The zero-order chi connectivity index (χ0) is 12.5. The van der Waals surface area contributed by atoms with Gasteiger partial charge in [-0.2, -0.15) is 0 Å². The van der Waals surface area contributed by atoms with Crippen LogP contribution in [0.3, 0.4) is 0 Å². The fraction of sp³-hybridized carbons (Fsp3) is 0.923. The monoisotopic (exact) mass is 240 g/mol. The molecule has 1 aliphatic heterocycles. The molecule has 2 N–H and O–H groups in total. The molecule has 0 aromatic rings. The van der Waals surface area contributed by atoms with Crippen LogP contribution in [0.1, 0.15) is 39.0 Å². The number of hydrogen-bond acceptors (Lipinski definition) is 3. The smallest absolute Gasteiger partial charge is 0.239 e. The number of rotatable bonds is 3. The summed E-state index contributed by atoms with van der Waals surface area (Å²) in [5, 5.41) is 13.7. The molecule has 2 fully saturated rings. The first kappa shape index (κ1) is 12.8. The number of nitrogens with zero attached hydrogens (tertiary/aromatic N) is 1. The fourth-order valence-corrected chi connectivity index (χ4v) is 3.12. The average molecular weight is 240 g/mol. The summed E-state index contributed by atoms with van der Waals surface area (Å²) in [5.41, 5.74) is -0.598. The van der Waals surface area contributed by atoms with Crippen molar-refractivity contribution in [2.24, 2.45) is 5.92 Å². The normalized spacial score (nSPS) is 38.8. The molecular weight excluding hydrogens is 216 g/mol. The zero-order valence-electron chi connectivity index (χ0n) is 10.9. The standard InChI is InChI=1S/C13H24N2O2/c1-10-4-3-6-13(17,8-10)9-14-11-5-7-15(2)12(11)16/h10-11,14,17H,3-9H2,1-2H3. The van der Waals surface area contributed by atoms with Crippen molar-refractivity contribution in [3.8, 4) is 0 Å². The number of likely N-dealkylation sites (N-methyl/N-ethyl adjacent to an activating group) is 1. The number of aliphatic hydroxyl groups is 1. The molecule has 1 aliphatic carbocycles. The Labute approximate surface area is 103 Å². The van der Waals surface area contributed by atoms with Gasteiger partial charge in [-0.05, 0) is 25.2 Å². The van der Waals surface area contributed by atoms with Gasteiger partial charge in [0.2, 0.25) is 5.91 Å². The molecule has 1 amide bonds. The molecular formula is C13H24N2O2. The molecule has 1 heterocycles. The highest BCUT2D eigenvalue weighted by atomic mass is 16.3. The summed E-state index contributed by atoms with van der Waals surface area (Å²) in [6, 6.07) is -0.0822. The summed E-state index contributed by atoms with van der Waals surface area (Å²) < 4.78 is 0. The van der Waals surface area contributed by atoms with Crippen LogP contribution in [0.25, 0.3) is 0 Å². The highest BCUT2D eigenvalue weighted by Gasteiger charge is 2.35. The molecule has 17 heavy (non-hydrogen) atoms. The van der Waals surface area contributed by atoms with Gasteiger partial charge in [0.25, 0.3) is 0 Å². The van der Waals surface area contributed by atoms with Crippen molar-refractivity contribution >= 4 is 5.91 Å². The number of hydrogen-bond donors (Lipinski definition) is 2. The Morgan fingerprint density at radius 2 is 2.29 bits per heavy atom. The Kier molecular flexibility index (Phi) is 3.73. The molecule has 0 aromatic carbocycles. The molecule has 98 valence electrons. The molecule has 0 radical (unpaired) electrons. The molecule has 0 spiro atoms. The van der Waals surface area contributed by atoms with Gasteiger partial charge in [0, 0.05) is 20.1 Å². The van der Waals surface area contributed by atoms with Gasteiger partial charge in [0.15, 0.2) is 0 Å². The van der Waals surface area contributed by atoms with Crippen LogP contribution in [0, 0.1) is 5.92 Å². The molecule has 2 aliphatic rings. The molecule has 2 rings (SSSR count). The van der Waals surface area contributed by atoms with E-state index in [1.54, 1.807) is 4.90 Å². The minimum absolute atomic E-state index is 0.0822. The van der Waals surface area contributed by atoms with Gasteiger partial charge in [0.05, 0.1) is 11.6 Å². The molecule has 3 atom stereocenters. The van der Waals surface area contributed by atoms with E-state index in [2.05, 4.69) is 12.2 Å². The van der Waals surface area contributed by atoms with E-state index in [9.17, 15) is 9.90 Å². The summed E-state index contributed by atoms with van der Waals surface area (Å²) in [4.78, 5) is 13.5. The van der Waals surface area contributed by atoms with E-state index < -0.39 is 5.60 Å². The topological polar surface area (TPSA) is 52.6 Å². The van der Waals surface area contributed by atoms with Gasteiger partial charge >= 0.3 is 0 Å². The minimum Gasteiger partial charge on any atom is -0.389 e. The number of likely N-dealkylation sites (tertiary alicyclic amines) is 1. The van der Waals surface area contributed by atoms with Crippen molar-refractivity contribution in [2.45, 2.75) is 50.7 Å². The van der Waals surface area contributed by atoms with Crippen LogP contribution in [0.5, 0.6) is 0 Å². The second kappa shape index (κ2) is 4.94. The van der Waals surface area contributed by atoms with Crippen LogP contribution in [0.4, 0.5) is 0 Å². The Bertz CT molecular complexity index is 295. The van der Waals surface area contributed by atoms with Crippen molar-refractivity contribution in [3.63, 3.8) is 0 Å². The Hall–Kier alpha value is -0.610. The van der Waals surface area contributed by atoms with Crippen LogP contribution in [0.15, 0.2) is 0 Å². The van der Waals surface area contributed by atoms with E-state index in [1.165, 1.54) is 6.42 Å². The van der Waals surface area contributed by atoms with E-state index in [-0.39, 0.29) is 11.9 Å². The van der Waals surface area contributed by atoms with Crippen molar-refractivity contribution in [1.29, 1.82) is 0 Å². The van der Waals surface area contributed by atoms with Crippen LogP contribution in [-0.4, -0.2) is 47.7 Å². The lowest BCUT2D eigenvalue weighted by atomic mass is 9.79. The van der Waals surface area contributed by atoms with E-state index in [0.717, 1.165) is 32.2 Å². The number of carbonyl (C=O) groups is 1. The van der Waals surface area contributed by atoms with Crippen LogP contribution in [0.2, 0.25) is 0 Å². The van der Waals surface area contributed by atoms with Gasteiger partial charge in [-0.15, -0.1) is 0 Å². The fourth-order valence-electron chi connectivity index (χ4n) is 3.12. The molecule has 0 bridgehead atoms. The summed E-state index contributed by atoms with van der Waals surface area (Å²) in [7, 11) is 1.83. The van der Waals surface area contributed by atoms with E-state index >= 15 is 0 Å². The van der Waals surface area contributed by atoms with Gasteiger partial charge < -0.3 is 15.3 Å². The molecule has 1 saturated carbocycles. The number of nitrogens with one attached hydrogen (secondary N) is 1. The van der Waals surface area contributed by atoms with Gasteiger partial charge in [0.1, 0.15) is 0 Å². The maximum absolute atomic E-state index is 11.7. The highest BCUT2D eigenvalue weighted by molar-refractivity contribution is 5.83. The first-order chi connectivity index (χ1) is 8.00. The second-order valence-electron chi connectivity index (χ2n) is 5.91. The Morgan fingerprint density at radius 3 is 2.88 bits per heavy atom. The van der Waals surface area contributed by atoms with Crippen molar-refractivity contribution in [1.82, 2.24) is 10.2 Å². The van der Waals surface area contributed by atoms with Crippen molar-refractivity contribution in [2.75, 3.05) is 20.1 Å². The maximum Gasteiger partial charge on any atom is 0.239 e. The lowest BCUT2D eigenvalue weighted by Gasteiger charge is -2.36. The molecule has 4 nitrogen and oxygen atoms in total. The summed E-state index contributed by atoms with van der Waals surface area (Å²) >= 11 is 0. The first-order valence-electron chi connectivity index (χ1n) is 6.71. The molecule has 4 heteroatoms. The quantitative estimate of drug-likeness (QED) is 0.765. The minimum atomic E-state index is -0.598. The number of carbonyl (C=O) groups excluding carboxylic acids is 1. The van der Waals surface area contributed by atoms with E-state index in [4.69, 9.17) is 0 Å². The first-order valence-corrected chi connectivity index (χ1v) is 6.71. The summed E-state index contributed by atoms with van der Waals surface area (Å²) in [6.45, 7) is 3.57. The van der Waals surface area contributed by atoms with E-state index in [0.29, 0.717) is 12.5 Å². The van der Waals surface area contributed by atoms with Gasteiger partial charge in [-0.25, -0.2) is 0 Å². The SMILES string of the molecule is CC1CCCC(O)(CNC2CCN(C)C2=O)C1. The Balaban J connectivity index is 1.83. The van der Waals surface area contributed by atoms with Crippen LogP contribution < -0.4 is 5.32 Å². The van der Waals surface area contributed by atoms with Crippen LogP contribution in [-0.2, 0) is 4.79 Å². The van der Waals surface area contributed by atoms with Crippen molar-refractivity contribution < 1.29 is 9.90 Å². The summed E-state index contributed by atoms with van der Waals surface area (Å²) in [6.07, 6.45) is 4.89. The van der Waals surface area contributed by atoms with Crippen molar-refractivity contribution in [3.05, 3.63) is 0 Å². The Morgan fingerprint density at radius 1 is 1.53 bits per heavy atom. The largest absolute Gasteiger partial charge is 0.389 e. The predicted octanol–water partition coefficient (Wildman–Crippen LogP) is 0.748. The molecule has 1 saturated heterocycles. The third-order valence-electron chi connectivity index (χ3n) is 4.17. The highest BCUT2D eigenvalue weighted by Crippen LogP contribution is 2.31. The third kappa shape index (κ3) is 2.99. The third-order valence-corrected chi connectivity index (χ3v) is 4.17. The van der Waals surface area contributed by atoms with E-state index in [1.807, 2.05) is 7.05 Å². The zero-order valence-corrected chi connectivity index (χ0v) is 10.9. The molecule has 3 unspecified atom stereocenters. The maximum atomic E-state index is 11.7. The van der Waals surface area contributed by atoms with Gasteiger partial charge in [-0.3, -0.25) is 4.79 Å². The summed E-state index contributed by atoms with van der Waals surface area (Å²) in [5.74, 6) is 0.759. The molecule has 0 aromatic heterocycles. The lowest BCUT2D eigenvalue weighted by Crippen LogP contribution is -2.48. The second-order valence-corrected chi connectivity index (χ2v) is 5.91. The number of amides is 1. The lowest BCUT2D eigenvalue weighted by molar-refractivity contribution is -0.128. The predicted molar refractivity (Wildman–Crippen MR) is 66.6 cm³/mol. The van der Waals surface area contributed by atoms with Crippen LogP contribution >= 0.6 is 0 Å².